The lowest BCUT2D eigenvalue weighted by molar-refractivity contribution is 0.101. The third kappa shape index (κ3) is 4.80. The lowest BCUT2D eigenvalue weighted by Gasteiger charge is -2.09. The van der Waals surface area contributed by atoms with Gasteiger partial charge in [-0.25, -0.2) is 4.68 Å². The predicted molar refractivity (Wildman–Crippen MR) is 125 cm³/mol. The Morgan fingerprint density at radius 3 is 2.39 bits per heavy atom. The van der Waals surface area contributed by atoms with E-state index in [9.17, 15) is 9.59 Å². The molecule has 0 atom stereocenters. The highest BCUT2D eigenvalue weighted by Gasteiger charge is 2.14. The molecule has 0 radical (unpaired) electrons. The zero-order chi connectivity index (χ0) is 23.5. The van der Waals surface area contributed by atoms with Crippen LogP contribution in [0.3, 0.4) is 0 Å². The van der Waals surface area contributed by atoms with E-state index in [4.69, 9.17) is 11.6 Å². The quantitative estimate of drug-likeness (QED) is 0.432. The van der Waals surface area contributed by atoms with E-state index in [1.807, 2.05) is 20.8 Å². The van der Waals surface area contributed by atoms with Crippen LogP contribution >= 0.6 is 11.6 Å². The summed E-state index contributed by atoms with van der Waals surface area (Å²) in [5.74, 6) is -0.645. The second-order valence-corrected chi connectivity index (χ2v) is 7.77. The van der Waals surface area contributed by atoms with Crippen molar-refractivity contribution < 1.29 is 9.59 Å². The fourth-order valence-electron chi connectivity index (χ4n) is 3.35. The Morgan fingerprint density at radius 2 is 1.73 bits per heavy atom. The second kappa shape index (κ2) is 9.29. The largest absolute Gasteiger partial charge is 0.321 e. The molecule has 2 N–H and O–H groups in total. The van der Waals surface area contributed by atoms with Crippen molar-refractivity contribution >= 4 is 34.8 Å². The number of aromatic nitrogens is 6. The number of halogens is 1. The lowest BCUT2D eigenvalue weighted by Crippen LogP contribution is -2.18. The van der Waals surface area contributed by atoms with Gasteiger partial charge in [0.2, 0.25) is 0 Å². The molecule has 0 bridgehead atoms. The van der Waals surface area contributed by atoms with Crippen LogP contribution in [0.2, 0.25) is 5.02 Å². The van der Waals surface area contributed by atoms with Gasteiger partial charge in [-0.05, 0) is 51.1 Å². The predicted octanol–water partition coefficient (Wildman–Crippen LogP) is 3.58. The van der Waals surface area contributed by atoms with Crippen molar-refractivity contribution in [3.63, 3.8) is 0 Å². The lowest BCUT2D eigenvalue weighted by atomic mass is 10.2. The van der Waals surface area contributed by atoms with Crippen LogP contribution in [-0.2, 0) is 13.2 Å². The molecule has 0 saturated heterocycles. The maximum Gasteiger partial charge on any atom is 0.276 e. The van der Waals surface area contributed by atoms with E-state index in [2.05, 4.69) is 25.9 Å². The summed E-state index contributed by atoms with van der Waals surface area (Å²) in [5, 5.41) is 19.0. The molecule has 1 aromatic carbocycles. The number of nitrogens with one attached hydrogen (secondary N) is 2. The molecule has 3 heterocycles. The molecule has 2 amide bonds. The monoisotopic (exact) mass is 466 g/mol. The standard InChI is InChI=1S/C22H23ClN8O2/c1-4-30-19(8-10-24-30)22(33)26-17-7-5-6-16(12-17)25-21(32)18-9-11-29(28-18)13-31-15(3)20(23)14(2)27-31/h5-12H,4,13H2,1-3H3,(H,25,32)(H,26,33). The molecule has 0 spiro atoms. The van der Waals surface area contributed by atoms with Crippen LogP contribution in [0.4, 0.5) is 11.4 Å². The van der Waals surface area contributed by atoms with Gasteiger partial charge in [-0.1, -0.05) is 17.7 Å². The van der Waals surface area contributed by atoms with Crippen molar-refractivity contribution in [2.45, 2.75) is 34.0 Å². The topological polar surface area (TPSA) is 112 Å². The van der Waals surface area contributed by atoms with Crippen LogP contribution in [0.15, 0.2) is 48.8 Å². The van der Waals surface area contributed by atoms with E-state index in [-0.39, 0.29) is 17.5 Å². The SMILES string of the molecule is CCn1nccc1C(=O)Nc1cccc(NC(=O)c2ccn(Cn3nc(C)c(Cl)c3C)n2)c1. The number of aryl methyl sites for hydroxylation is 2. The van der Waals surface area contributed by atoms with Gasteiger partial charge in [0.15, 0.2) is 5.69 Å². The van der Waals surface area contributed by atoms with Crippen LogP contribution in [-0.4, -0.2) is 41.2 Å². The van der Waals surface area contributed by atoms with Crippen molar-refractivity contribution in [3.8, 4) is 0 Å². The number of amides is 2. The molecule has 10 nitrogen and oxygen atoms in total. The summed E-state index contributed by atoms with van der Waals surface area (Å²) in [6.45, 7) is 6.55. The minimum Gasteiger partial charge on any atom is -0.321 e. The van der Waals surface area contributed by atoms with Gasteiger partial charge in [0.25, 0.3) is 11.8 Å². The van der Waals surface area contributed by atoms with Gasteiger partial charge in [0.05, 0.1) is 16.4 Å². The van der Waals surface area contributed by atoms with Crippen molar-refractivity contribution in [2.24, 2.45) is 0 Å². The number of carbonyl (C=O) groups excluding carboxylic acids is 2. The summed E-state index contributed by atoms with van der Waals surface area (Å²) in [6.07, 6.45) is 3.28. The Bertz CT molecular complexity index is 1320. The maximum atomic E-state index is 12.7. The van der Waals surface area contributed by atoms with Gasteiger partial charge in [-0.15, -0.1) is 0 Å². The molecule has 0 aliphatic heterocycles. The molecular formula is C22H23ClN8O2. The summed E-state index contributed by atoms with van der Waals surface area (Å²) in [7, 11) is 0. The first kappa shape index (κ1) is 22.3. The number of carbonyl (C=O) groups is 2. The van der Waals surface area contributed by atoms with Crippen LogP contribution in [0.5, 0.6) is 0 Å². The third-order valence-corrected chi connectivity index (χ3v) is 5.62. The number of nitrogens with zero attached hydrogens (tertiary/aromatic N) is 6. The van der Waals surface area contributed by atoms with Crippen LogP contribution in [0.1, 0.15) is 39.3 Å². The molecule has 0 aliphatic carbocycles. The highest BCUT2D eigenvalue weighted by molar-refractivity contribution is 6.31. The molecule has 33 heavy (non-hydrogen) atoms. The van der Waals surface area contributed by atoms with E-state index in [1.54, 1.807) is 62.8 Å². The third-order valence-electron chi connectivity index (χ3n) is 5.07. The zero-order valence-electron chi connectivity index (χ0n) is 18.4. The van der Waals surface area contributed by atoms with Crippen molar-refractivity contribution in [3.05, 3.63) is 76.6 Å². The number of hydrogen-bond acceptors (Lipinski definition) is 5. The van der Waals surface area contributed by atoms with Crippen molar-refractivity contribution in [2.75, 3.05) is 10.6 Å². The number of hydrogen-bond donors (Lipinski definition) is 2. The molecule has 0 saturated carbocycles. The average molecular weight is 467 g/mol. The fraction of sp³-hybridized carbons (Fsp3) is 0.227. The van der Waals surface area contributed by atoms with E-state index in [1.165, 1.54) is 0 Å². The summed E-state index contributed by atoms with van der Waals surface area (Å²) < 4.78 is 4.94. The first-order chi connectivity index (χ1) is 15.9. The van der Waals surface area contributed by atoms with Crippen LogP contribution in [0.25, 0.3) is 0 Å². The van der Waals surface area contributed by atoms with E-state index in [0.717, 1.165) is 11.4 Å². The first-order valence-corrected chi connectivity index (χ1v) is 10.7. The summed E-state index contributed by atoms with van der Waals surface area (Å²) >= 11 is 6.19. The van der Waals surface area contributed by atoms with Crippen LogP contribution < -0.4 is 10.6 Å². The van der Waals surface area contributed by atoms with Crippen molar-refractivity contribution in [1.82, 2.24) is 29.3 Å². The van der Waals surface area contributed by atoms with Gasteiger partial charge < -0.3 is 10.6 Å². The molecule has 0 unspecified atom stereocenters. The summed E-state index contributed by atoms with van der Waals surface area (Å²) in [6, 6.07) is 10.2. The Hall–Kier alpha value is -3.92. The molecule has 11 heteroatoms. The molecule has 0 fully saturated rings. The molecule has 3 aromatic heterocycles. The van der Waals surface area contributed by atoms with Gasteiger partial charge >= 0.3 is 0 Å². The Morgan fingerprint density at radius 1 is 1.00 bits per heavy atom. The summed E-state index contributed by atoms with van der Waals surface area (Å²) in [4.78, 5) is 25.2. The molecular weight excluding hydrogens is 444 g/mol. The molecule has 170 valence electrons. The Balaban J connectivity index is 1.42. The highest BCUT2D eigenvalue weighted by atomic mass is 35.5. The Labute approximate surface area is 195 Å². The van der Waals surface area contributed by atoms with Gasteiger partial charge in [-0.2, -0.15) is 15.3 Å². The van der Waals surface area contributed by atoms with Gasteiger partial charge in [0.1, 0.15) is 12.4 Å². The number of rotatable bonds is 7. The van der Waals surface area contributed by atoms with E-state index < -0.39 is 0 Å². The highest BCUT2D eigenvalue weighted by Crippen LogP contribution is 2.19. The summed E-state index contributed by atoms with van der Waals surface area (Å²) in [5.41, 5.74) is 3.36. The average Bonchev–Trinajstić information content (AvgIpc) is 3.51. The maximum absolute atomic E-state index is 12.7. The molecule has 0 aliphatic rings. The van der Waals surface area contributed by atoms with Crippen molar-refractivity contribution in [1.29, 1.82) is 0 Å². The molecule has 4 aromatic rings. The van der Waals surface area contributed by atoms with Gasteiger partial charge in [0, 0.05) is 30.3 Å². The van der Waals surface area contributed by atoms with Crippen LogP contribution in [0, 0.1) is 13.8 Å². The van der Waals surface area contributed by atoms with Gasteiger partial charge in [-0.3, -0.25) is 19.0 Å². The smallest absolute Gasteiger partial charge is 0.276 e. The minimum absolute atomic E-state index is 0.254. The Kier molecular flexibility index (Phi) is 6.27. The normalized spacial score (nSPS) is 10.9. The number of benzene rings is 1. The fourth-order valence-corrected chi connectivity index (χ4v) is 3.49. The zero-order valence-corrected chi connectivity index (χ0v) is 19.2. The second-order valence-electron chi connectivity index (χ2n) is 7.39. The molecule has 4 rings (SSSR count). The van der Waals surface area contributed by atoms with E-state index >= 15 is 0 Å². The first-order valence-electron chi connectivity index (χ1n) is 10.3. The number of anilines is 2. The minimum atomic E-state index is -0.368. The van der Waals surface area contributed by atoms with E-state index in [0.29, 0.717) is 35.3 Å².